The number of nitrogens with one attached hydrogen (secondary N) is 1. The summed E-state index contributed by atoms with van der Waals surface area (Å²) in [6.45, 7) is 5.15. The van der Waals surface area contributed by atoms with Crippen LogP contribution >= 0.6 is 11.3 Å². The third kappa shape index (κ3) is 4.83. The third-order valence-corrected chi connectivity index (χ3v) is 4.42. The number of hydrogen-bond donors (Lipinski definition) is 1. The van der Waals surface area contributed by atoms with Gasteiger partial charge in [-0.05, 0) is 44.4 Å². The Bertz CT molecular complexity index is 925. The molecule has 0 unspecified atom stereocenters. The Hall–Kier alpha value is -2.93. The van der Waals surface area contributed by atoms with Gasteiger partial charge >= 0.3 is 5.97 Å². The van der Waals surface area contributed by atoms with Crippen molar-refractivity contribution in [3.8, 4) is 16.3 Å². The van der Waals surface area contributed by atoms with E-state index in [4.69, 9.17) is 4.74 Å². The molecule has 3 aromatic rings. The van der Waals surface area contributed by atoms with Crippen molar-refractivity contribution in [3.05, 3.63) is 59.6 Å². The van der Waals surface area contributed by atoms with Gasteiger partial charge in [-0.3, -0.25) is 9.59 Å². The number of nitrogens with zero attached hydrogens (tertiary/aromatic N) is 2. The highest BCUT2D eigenvalue weighted by Crippen LogP contribution is 2.27. The third-order valence-electron chi connectivity index (χ3n) is 3.55. The van der Waals surface area contributed by atoms with Crippen LogP contribution in [0.5, 0.6) is 0 Å². The van der Waals surface area contributed by atoms with Gasteiger partial charge in [0.2, 0.25) is 0 Å². The van der Waals surface area contributed by atoms with Crippen LogP contribution in [-0.4, -0.2) is 33.8 Å². The summed E-state index contributed by atoms with van der Waals surface area (Å²) < 4.78 is 6.89. The minimum atomic E-state index is -0.595. The van der Waals surface area contributed by atoms with Crippen LogP contribution < -0.4 is 5.32 Å². The number of para-hydroxylation sites is 1. The number of rotatable bonds is 5. The van der Waals surface area contributed by atoms with Crippen LogP contribution in [-0.2, 0) is 9.53 Å². The highest BCUT2D eigenvalue weighted by molar-refractivity contribution is 7.13. The second-order valence-corrected chi connectivity index (χ2v) is 7.87. The largest absolute Gasteiger partial charge is 0.459 e. The molecule has 0 aliphatic rings. The zero-order valence-corrected chi connectivity index (χ0v) is 16.2. The smallest absolute Gasteiger partial charge is 0.325 e. The molecule has 0 radical (unpaired) electrons. The van der Waals surface area contributed by atoms with Gasteiger partial charge in [0.05, 0.1) is 16.1 Å². The van der Waals surface area contributed by atoms with Gasteiger partial charge in [0, 0.05) is 6.20 Å². The zero-order chi connectivity index (χ0) is 19.4. The second-order valence-electron chi connectivity index (χ2n) is 6.92. The van der Waals surface area contributed by atoms with Gasteiger partial charge in [-0.2, -0.15) is 5.10 Å². The molecule has 2 aromatic heterocycles. The molecule has 0 saturated carbocycles. The molecule has 0 fully saturated rings. The fraction of sp³-hybridized carbons (Fsp3) is 0.250. The molecule has 3 rings (SSSR count). The molecule has 0 aliphatic carbocycles. The van der Waals surface area contributed by atoms with Crippen molar-refractivity contribution >= 4 is 23.2 Å². The molecule has 0 spiro atoms. The summed E-state index contributed by atoms with van der Waals surface area (Å²) in [6.07, 6.45) is 1.68. The highest BCUT2D eigenvalue weighted by Gasteiger charge is 2.21. The van der Waals surface area contributed by atoms with Crippen molar-refractivity contribution in [2.24, 2.45) is 0 Å². The number of carbonyl (C=O) groups excluding carboxylic acids is 2. The predicted octanol–water partition coefficient (Wildman–Crippen LogP) is 3.67. The summed E-state index contributed by atoms with van der Waals surface area (Å²) >= 11 is 1.50. The molecule has 0 saturated heterocycles. The van der Waals surface area contributed by atoms with E-state index < -0.39 is 11.6 Å². The van der Waals surface area contributed by atoms with E-state index in [1.807, 2.05) is 47.8 Å². The molecular weight excluding hydrogens is 362 g/mol. The lowest BCUT2D eigenvalue weighted by Crippen LogP contribution is -2.34. The topological polar surface area (TPSA) is 73.2 Å². The molecule has 1 amide bonds. The summed E-state index contributed by atoms with van der Waals surface area (Å²) in [5, 5.41) is 9.14. The average Bonchev–Trinajstić information content (AvgIpc) is 3.28. The molecule has 1 N–H and O–H groups in total. The normalized spacial score (nSPS) is 11.2. The van der Waals surface area contributed by atoms with Crippen molar-refractivity contribution in [1.82, 2.24) is 15.1 Å². The van der Waals surface area contributed by atoms with Crippen LogP contribution in [0.4, 0.5) is 0 Å². The maximum atomic E-state index is 12.7. The number of carbonyl (C=O) groups is 2. The van der Waals surface area contributed by atoms with Gasteiger partial charge in [-0.1, -0.05) is 24.3 Å². The molecule has 1 aromatic carbocycles. The Labute approximate surface area is 161 Å². The Morgan fingerprint density at radius 2 is 1.89 bits per heavy atom. The quantitative estimate of drug-likeness (QED) is 0.682. The van der Waals surface area contributed by atoms with Crippen LogP contribution in [0, 0.1) is 0 Å². The second kappa shape index (κ2) is 7.75. The lowest BCUT2D eigenvalue weighted by Gasteiger charge is -2.19. The van der Waals surface area contributed by atoms with Gasteiger partial charge < -0.3 is 10.1 Å². The number of thiophene rings is 1. The maximum Gasteiger partial charge on any atom is 0.325 e. The Morgan fingerprint density at radius 1 is 1.15 bits per heavy atom. The van der Waals surface area contributed by atoms with Crippen molar-refractivity contribution in [2.75, 3.05) is 6.54 Å². The number of aromatic nitrogens is 2. The van der Waals surface area contributed by atoms with E-state index in [9.17, 15) is 9.59 Å². The summed E-state index contributed by atoms with van der Waals surface area (Å²) in [5.74, 6) is -0.851. The molecule has 0 bridgehead atoms. The van der Waals surface area contributed by atoms with E-state index in [2.05, 4.69) is 10.4 Å². The van der Waals surface area contributed by atoms with Crippen molar-refractivity contribution < 1.29 is 14.3 Å². The van der Waals surface area contributed by atoms with Gasteiger partial charge in [0.1, 0.15) is 17.8 Å². The lowest BCUT2D eigenvalue weighted by atomic mass is 10.2. The first-order valence-corrected chi connectivity index (χ1v) is 9.40. The fourth-order valence-electron chi connectivity index (χ4n) is 2.47. The highest BCUT2D eigenvalue weighted by atomic mass is 32.1. The van der Waals surface area contributed by atoms with E-state index in [1.54, 1.807) is 31.6 Å². The molecule has 0 atom stereocenters. The molecule has 7 heteroatoms. The van der Waals surface area contributed by atoms with Crippen LogP contribution in [0.2, 0.25) is 0 Å². The van der Waals surface area contributed by atoms with Gasteiger partial charge in [-0.15, -0.1) is 11.3 Å². The van der Waals surface area contributed by atoms with Crippen molar-refractivity contribution in [2.45, 2.75) is 26.4 Å². The number of hydrogen-bond acceptors (Lipinski definition) is 5. The van der Waals surface area contributed by atoms with Gasteiger partial charge in [0.25, 0.3) is 5.91 Å². The summed E-state index contributed by atoms with van der Waals surface area (Å²) in [7, 11) is 0. The Kier molecular flexibility index (Phi) is 5.41. The maximum absolute atomic E-state index is 12.7. The lowest BCUT2D eigenvalue weighted by molar-refractivity contribution is -0.153. The van der Waals surface area contributed by atoms with E-state index in [1.165, 1.54) is 11.3 Å². The van der Waals surface area contributed by atoms with Crippen LogP contribution in [0.1, 0.15) is 31.1 Å². The Morgan fingerprint density at radius 3 is 2.52 bits per heavy atom. The van der Waals surface area contributed by atoms with E-state index >= 15 is 0 Å². The van der Waals surface area contributed by atoms with Crippen LogP contribution in [0.25, 0.3) is 16.3 Å². The van der Waals surface area contributed by atoms with Gasteiger partial charge in [0.15, 0.2) is 0 Å². The minimum Gasteiger partial charge on any atom is -0.459 e. The van der Waals surface area contributed by atoms with Crippen LogP contribution in [0.3, 0.4) is 0 Å². The van der Waals surface area contributed by atoms with Crippen molar-refractivity contribution in [1.29, 1.82) is 0 Å². The van der Waals surface area contributed by atoms with E-state index in [-0.39, 0.29) is 12.5 Å². The van der Waals surface area contributed by atoms with Gasteiger partial charge in [-0.25, -0.2) is 4.68 Å². The van der Waals surface area contributed by atoms with E-state index in [0.29, 0.717) is 11.3 Å². The fourth-order valence-corrected chi connectivity index (χ4v) is 3.20. The number of amides is 1. The number of ether oxygens (including phenoxy) is 1. The molecule has 6 nitrogen and oxygen atoms in total. The average molecular weight is 383 g/mol. The number of esters is 1. The monoisotopic (exact) mass is 383 g/mol. The molecule has 2 heterocycles. The molecule has 27 heavy (non-hydrogen) atoms. The first-order valence-electron chi connectivity index (χ1n) is 8.52. The Balaban J connectivity index is 1.84. The predicted molar refractivity (Wildman–Crippen MR) is 105 cm³/mol. The summed E-state index contributed by atoms with van der Waals surface area (Å²) in [4.78, 5) is 25.5. The molecule has 140 valence electrons. The number of benzene rings is 1. The summed E-state index contributed by atoms with van der Waals surface area (Å²) in [5.41, 5.74) is 1.24. The minimum absolute atomic E-state index is 0.198. The zero-order valence-electron chi connectivity index (χ0n) is 15.4. The SMILES string of the molecule is CC(C)(C)OC(=O)CNC(=O)c1cn(-c2ccccc2)nc1-c1cccs1. The van der Waals surface area contributed by atoms with E-state index in [0.717, 1.165) is 10.6 Å². The van der Waals surface area contributed by atoms with Crippen molar-refractivity contribution in [3.63, 3.8) is 0 Å². The molecular formula is C20H21N3O3S. The van der Waals surface area contributed by atoms with Crippen LogP contribution in [0.15, 0.2) is 54.0 Å². The first kappa shape index (κ1) is 18.8. The molecule has 0 aliphatic heterocycles. The first-order chi connectivity index (χ1) is 12.8. The summed E-state index contributed by atoms with van der Waals surface area (Å²) in [6, 6.07) is 13.4. The standard InChI is InChI=1S/C20H21N3O3S/c1-20(2,3)26-17(24)12-21-19(25)15-13-23(14-8-5-4-6-9-14)22-18(15)16-10-7-11-27-16/h4-11,13H,12H2,1-3H3,(H,21,25).